The summed E-state index contributed by atoms with van der Waals surface area (Å²) in [5.74, 6) is 0. The molecule has 0 aromatic carbocycles. The van der Waals surface area contributed by atoms with Crippen molar-refractivity contribution in [3.05, 3.63) is 29.7 Å². The van der Waals surface area contributed by atoms with Gasteiger partial charge in [0.15, 0.2) is 0 Å². The summed E-state index contributed by atoms with van der Waals surface area (Å²) < 4.78 is 0. The topological polar surface area (TPSA) is 78.0 Å². The molecule has 5 nitrogen and oxygen atoms in total. The molecule has 78 valence electrons. The van der Waals surface area contributed by atoms with E-state index < -0.39 is 6.09 Å². The Morgan fingerprint density at radius 3 is 3.13 bits per heavy atom. The van der Waals surface area contributed by atoms with E-state index in [1.54, 1.807) is 6.20 Å². The summed E-state index contributed by atoms with van der Waals surface area (Å²) in [7, 11) is 0. The first-order valence-corrected chi connectivity index (χ1v) is 4.56. The molecular formula is C10H11N3O2. The van der Waals surface area contributed by atoms with Gasteiger partial charge in [0.05, 0.1) is 6.54 Å². The highest BCUT2D eigenvalue weighted by molar-refractivity contribution is 5.79. The highest BCUT2D eigenvalue weighted by atomic mass is 16.4. The van der Waals surface area contributed by atoms with Gasteiger partial charge in [0.2, 0.25) is 0 Å². The van der Waals surface area contributed by atoms with Crippen molar-refractivity contribution in [2.75, 3.05) is 0 Å². The summed E-state index contributed by atoms with van der Waals surface area (Å²) in [5, 5.41) is 11.7. The highest BCUT2D eigenvalue weighted by Gasteiger charge is 2.02. The number of hydrogen-bond acceptors (Lipinski definition) is 2. The van der Waals surface area contributed by atoms with E-state index in [1.165, 1.54) is 0 Å². The number of fused-ring (bicyclic) bond motifs is 1. The number of aryl methyl sites for hydroxylation is 1. The third-order valence-electron chi connectivity index (χ3n) is 2.13. The van der Waals surface area contributed by atoms with Gasteiger partial charge in [0, 0.05) is 28.5 Å². The molecule has 15 heavy (non-hydrogen) atoms. The minimum absolute atomic E-state index is 0.281. The molecule has 0 saturated carbocycles. The summed E-state index contributed by atoms with van der Waals surface area (Å²) in [5.41, 5.74) is 2.74. The zero-order valence-electron chi connectivity index (χ0n) is 8.24. The quantitative estimate of drug-likeness (QED) is 0.697. The maximum Gasteiger partial charge on any atom is 0.404 e. The van der Waals surface area contributed by atoms with E-state index in [1.807, 2.05) is 19.1 Å². The first-order valence-electron chi connectivity index (χ1n) is 4.56. The molecule has 0 aliphatic rings. The van der Waals surface area contributed by atoms with Gasteiger partial charge in [-0.25, -0.2) is 4.79 Å². The summed E-state index contributed by atoms with van der Waals surface area (Å²) >= 11 is 0. The second-order valence-corrected chi connectivity index (χ2v) is 3.37. The van der Waals surface area contributed by atoms with Crippen LogP contribution in [0.3, 0.4) is 0 Å². The fraction of sp³-hybridized carbons (Fsp3) is 0.200. The number of nitrogens with zero attached hydrogens (tertiary/aromatic N) is 1. The minimum Gasteiger partial charge on any atom is -0.465 e. The number of pyridine rings is 1. The van der Waals surface area contributed by atoms with Gasteiger partial charge in [-0.15, -0.1) is 0 Å². The van der Waals surface area contributed by atoms with Crippen LogP contribution < -0.4 is 5.32 Å². The Bertz CT molecular complexity index is 504. The number of amides is 1. The van der Waals surface area contributed by atoms with Gasteiger partial charge in [0.25, 0.3) is 0 Å². The zero-order chi connectivity index (χ0) is 10.8. The summed E-state index contributed by atoms with van der Waals surface area (Å²) in [6.07, 6.45) is 0.744. The number of H-pyrrole nitrogens is 1. The predicted molar refractivity (Wildman–Crippen MR) is 55.7 cm³/mol. The number of hydrogen-bond donors (Lipinski definition) is 3. The van der Waals surface area contributed by atoms with E-state index in [4.69, 9.17) is 5.11 Å². The van der Waals surface area contributed by atoms with Crippen molar-refractivity contribution in [3.8, 4) is 0 Å². The van der Waals surface area contributed by atoms with Gasteiger partial charge in [-0.2, -0.15) is 0 Å². The average molecular weight is 205 g/mol. The Balaban J connectivity index is 2.27. The highest BCUT2D eigenvalue weighted by Crippen LogP contribution is 2.14. The minimum atomic E-state index is -1.03. The van der Waals surface area contributed by atoms with Gasteiger partial charge in [-0.3, -0.25) is 4.98 Å². The van der Waals surface area contributed by atoms with Crippen molar-refractivity contribution in [2.24, 2.45) is 0 Å². The summed E-state index contributed by atoms with van der Waals surface area (Å²) in [6, 6.07) is 3.82. The van der Waals surface area contributed by atoms with Crippen LogP contribution in [0.5, 0.6) is 0 Å². The third kappa shape index (κ3) is 2.07. The molecule has 2 rings (SSSR count). The van der Waals surface area contributed by atoms with Gasteiger partial charge in [-0.05, 0) is 19.1 Å². The molecule has 0 bridgehead atoms. The van der Waals surface area contributed by atoms with Gasteiger partial charge in [0.1, 0.15) is 0 Å². The van der Waals surface area contributed by atoms with Gasteiger partial charge < -0.3 is 15.4 Å². The Labute approximate surface area is 86.1 Å². The number of aromatic amines is 1. The van der Waals surface area contributed by atoms with Gasteiger partial charge >= 0.3 is 6.09 Å². The van der Waals surface area contributed by atoms with Crippen LogP contribution in [0.2, 0.25) is 0 Å². The van der Waals surface area contributed by atoms with Crippen molar-refractivity contribution in [1.82, 2.24) is 15.3 Å². The fourth-order valence-corrected chi connectivity index (χ4v) is 1.46. The Hall–Kier alpha value is -2.04. The zero-order valence-corrected chi connectivity index (χ0v) is 8.24. The number of carbonyl (C=O) groups is 1. The summed E-state index contributed by atoms with van der Waals surface area (Å²) in [4.78, 5) is 17.6. The average Bonchev–Trinajstić information content (AvgIpc) is 2.56. The van der Waals surface area contributed by atoms with E-state index in [0.29, 0.717) is 0 Å². The molecule has 3 N–H and O–H groups in total. The van der Waals surface area contributed by atoms with E-state index >= 15 is 0 Å². The van der Waals surface area contributed by atoms with Crippen molar-refractivity contribution in [2.45, 2.75) is 13.5 Å². The fourth-order valence-electron chi connectivity index (χ4n) is 1.46. The van der Waals surface area contributed by atoms with Crippen LogP contribution in [0.25, 0.3) is 10.9 Å². The molecule has 5 heteroatoms. The molecule has 2 heterocycles. The molecule has 0 radical (unpaired) electrons. The number of aromatic nitrogens is 2. The lowest BCUT2D eigenvalue weighted by Gasteiger charge is -1.96. The Morgan fingerprint density at radius 2 is 2.40 bits per heavy atom. The van der Waals surface area contributed by atoms with E-state index in [9.17, 15) is 4.79 Å². The molecule has 2 aromatic heterocycles. The lowest BCUT2D eigenvalue weighted by atomic mass is 10.3. The van der Waals surface area contributed by atoms with Crippen LogP contribution in [0, 0.1) is 6.92 Å². The molecule has 0 atom stereocenters. The molecule has 0 saturated heterocycles. The summed E-state index contributed by atoms with van der Waals surface area (Å²) in [6.45, 7) is 2.19. The maximum atomic E-state index is 10.3. The standard InChI is InChI=1S/C10H11N3O2/c1-6-2-9-7(4-11-6)3-8(13-9)5-12-10(14)15/h2-4,12-13H,5H2,1H3,(H,14,15). The van der Waals surface area contributed by atoms with Crippen LogP contribution in [0.4, 0.5) is 4.79 Å². The molecule has 0 aliphatic carbocycles. The first kappa shape index (κ1) is 9.51. The smallest absolute Gasteiger partial charge is 0.404 e. The Kier molecular flexibility index (Phi) is 2.29. The molecule has 0 unspecified atom stereocenters. The second kappa shape index (κ2) is 3.61. The molecule has 1 amide bonds. The van der Waals surface area contributed by atoms with E-state index in [2.05, 4.69) is 15.3 Å². The molecular weight excluding hydrogens is 194 g/mol. The molecule has 0 aliphatic heterocycles. The monoisotopic (exact) mass is 205 g/mol. The van der Waals surface area contributed by atoms with Crippen LogP contribution in [0.1, 0.15) is 11.4 Å². The largest absolute Gasteiger partial charge is 0.465 e. The number of rotatable bonds is 2. The van der Waals surface area contributed by atoms with Crippen molar-refractivity contribution >= 4 is 17.0 Å². The molecule has 0 fully saturated rings. The third-order valence-corrected chi connectivity index (χ3v) is 2.13. The predicted octanol–water partition coefficient (Wildman–Crippen LogP) is 1.64. The lowest BCUT2D eigenvalue weighted by molar-refractivity contribution is 0.194. The van der Waals surface area contributed by atoms with Crippen LogP contribution >= 0.6 is 0 Å². The first-order chi connectivity index (χ1) is 7.15. The Morgan fingerprint density at radius 1 is 1.60 bits per heavy atom. The van der Waals surface area contributed by atoms with E-state index in [-0.39, 0.29) is 6.54 Å². The normalized spacial score (nSPS) is 10.5. The molecule has 2 aromatic rings. The van der Waals surface area contributed by atoms with E-state index in [0.717, 1.165) is 22.3 Å². The van der Waals surface area contributed by atoms with Crippen LogP contribution in [-0.2, 0) is 6.54 Å². The van der Waals surface area contributed by atoms with Gasteiger partial charge in [-0.1, -0.05) is 0 Å². The number of carboxylic acid groups (broad SMARTS) is 1. The second-order valence-electron chi connectivity index (χ2n) is 3.37. The van der Waals surface area contributed by atoms with Crippen molar-refractivity contribution in [3.63, 3.8) is 0 Å². The molecule has 0 spiro atoms. The number of nitrogens with one attached hydrogen (secondary N) is 2. The SMILES string of the molecule is Cc1cc2[nH]c(CNC(=O)O)cc2cn1. The lowest BCUT2D eigenvalue weighted by Crippen LogP contribution is -2.19. The van der Waals surface area contributed by atoms with Crippen molar-refractivity contribution in [1.29, 1.82) is 0 Å². The van der Waals surface area contributed by atoms with Crippen LogP contribution in [-0.4, -0.2) is 21.2 Å². The van der Waals surface area contributed by atoms with Crippen LogP contribution in [0.15, 0.2) is 18.3 Å². The maximum absolute atomic E-state index is 10.3. The van der Waals surface area contributed by atoms with Crippen molar-refractivity contribution < 1.29 is 9.90 Å².